The maximum absolute atomic E-state index is 15.3. The average Bonchev–Trinajstić information content (AvgIpc) is 2.61. The highest BCUT2D eigenvalue weighted by Crippen LogP contribution is 2.42. The largest absolute Gasteiger partial charge is 0.511 e. The first kappa shape index (κ1) is 18.5. The van der Waals surface area contributed by atoms with Crippen molar-refractivity contribution in [2.24, 2.45) is 0 Å². The summed E-state index contributed by atoms with van der Waals surface area (Å²) in [6, 6.07) is 1.38. The highest BCUT2D eigenvalue weighted by Gasteiger charge is 2.32. The lowest BCUT2D eigenvalue weighted by atomic mass is 10.0. The van der Waals surface area contributed by atoms with Gasteiger partial charge in [0.15, 0.2) is 5.75 Å². The average molecular weight is 390 g/mol. The van der Waals surface area contributed by atoms with E-state index < -0.39 is 17.4 Å². The molecule has 4 rings (SSSR count). The van der Waals surface area contributed by atoms with Gasteiger partial charge in [-0.3, -0.25) is 4.79 Å². The molecule has 1 fully saturated rings. The third-order valence-electron chi connectivity index (χ3n) is 5.46. The number of hydrogen-bond acceptors (Lipinski definition) is 6. The molecule has 1 aromatic heterocycles. The molecule has 0 bridgehead atoms. The Bertz CT molecular complexity index is 1020. The van der Waals surface area contributed by atoms with Crippen molar-refractivity contribution < 1.29 is 19.0 Å². The van der Waals surface area contributed by atoms with Crippen molar-refractivity contribution in [1.82, 2.24) is 9.88 Å². The van der Waals surface area contributed by atoms with E-state index >= 15 is 4.39 Å². The molecule has 1 aromatic carbocycles. The van der Waals surface area contributed by atoms with E-state index in [4.69, 9.17) is 5.11 Å². The van der Waals surface area contributed by atoms with Crippen LogP contribution in [0.4, 0.5) is 20.6 Å². The topological polar surface area (TPSA) is 87.0 Å². The summed E-state index contributed by atoms with van der Waals surface area (Å²) in [5.41, 5.74) is 1.11. The lowest BCUT2D eigenvalue weighted by Crippen LogP contribution is -2.50. The van der Waals surface area contributed by atoms with Crippen LogP contribution in [0.25, 0.3) is 10.9 Å². The third-order valence-corrected chi connectivity index (χ3v) is 5.46. The molecule has 0 amide bonds. The Balaban J connectivity index is 2.02. The van der Waals surface area contributed by atoms with Gasteiger partial charge in [0.2, 0.25) is 5.43 Å². The number of benzene rings is 1. The van der Waals surface area contributed by atoms with Crippen molar-refractivity contribution in [2.45, 2.75) is 25.9 Å². The van der Waals surface area contributed by atoms with Crippen molar-refractivity contribution in [3.63, 3.8) is 0 Å². The molecule has 2 aromatic rings. The first-order chi connectivity index (χ1) is 13.3. The number of hydrogen-bond donors (Lipinski definition) is 2. The van der Waals surface area contributed by atoms with Crippen LogP contribution >= 0.6 is 0 Å². The molecular weight excluding hydrogens is 367 g/mol. The number of anilines is 2. The molecule has 1 unspecified atom stereocenters. The highest BCUT2D eigenvalue weighted by molar-refractivity contribution is 6.00. The zero-order valence-corrected chi connectivity index (χ0v) is 16.0. The molecule has 2 atom stereocenters. The fourth-order valence-corrected chi connectivity index (χ4v) is 4.32. The number of pyridine rings is 1. The molecule has 2 N–H and O–H groups in total. The fraction of sp³-hybridized carbons (Fsp3) is 0.474. The molecule has 3 heterocycles. The molecule has 2 aliphatic rings. The SMILES string of the molecule is CC1CN(c2c(F)cc3c(=O)c(OC(=O)O)cn4c3c2N(C)C[C@@H]4C)CCN1. The summed E-state index contributed by atoms with van der Waals surface area (Å²) in [5, 5.41) is 12.4. The van der Waals surface area contributed by atoms with Crippen LogP contribution < -0.4 is 25.3 Å². The van der Waals surface area contributed by atoms with Crippen LogP contribution in [0.5, 0.6) is 5.75 Å². The zero-order valence-electron chi connectivity index (χ0n) is 16.0. The number of aromatic nitrogens is 1. The molecular formula is C19H23FN4O4. The van der Waals surface area contributed by atoms with Gasteiger partial charge in [0, 0.05) is 45.3 Å². The van der Waals surface area contributed by atoms with Crippen LogP contribution in [-0.4, -0.2) is 55.1 Å². The Hall–Kier alpha value is -2.81. The monoisotopic (exact) mass is 390 g/mol. The first-order valence-corrected chi connectivity index (χ1v) is 9.29. The van der Waals surface area contributed by atoms with Crippen LogP contribution in [-0.2, 0) is 0 Å². The van der Waals surface area contributed by atoms with Gasteiger partial charge in [-0.15, -0.1) is 0 Å². The second kappa shape index (κ2) is 6.66. The number of carboxylic acid groups (broad SMARTS) is 1. The Morgan fingerprint density at radius 3 is 2.75 bits per heavy atom. The second-order valence-electron chi connectivity index (χ2n) is 7.58. The van der Waals surface area contributed by atoms with E-state index in [1.807, 2.05) is 35.3 Å². The molecule has 8 nitrogen and oxygen atoms in total. The maximum atomic E-state index is 15.3. The van der Waals surface area contributed by atoms with Crippen molar-refractivity contribution in [3.8, 4) is 5.75 Å². The first-order valence-electron chi connectivity index (χ1n) is 9.29. The van der Waals surface area contributed by atoms with Crippen molar-refractivity contribution >= 4 is 28.4 Å². The summed E-state index contributed by atoms with van der Waals surface area (Å²) in [4.78, 5) is 27.7. The summed E-state index contributed by atoms with van der Waals surface area (Å²) in [6.07, 6.45) is -0.154. The molecule has 0 saturated carbocycles. The Morgan fingerprint density at radius 2 is 2.07 bits per heavy atom. The Morgan fingerprint density at radius 1 is 1.32 bits per heavy atom. The standard InChI is InChI=1S/C19H23FN4O4/c1-10-7-23(5-4-21-10)16-13(20)6-12-15-17(16)22(3)8-11(2)24(15)9-14(18(12)25)28-19(26)27/h6,9-11,21H,4-5,7-8H2,1-3H3,(H,26,27)/t10?,11-/m0/s1. The number of nitrogens with zero attached hydrogens (tertiary/aromatic N) is 3. The minimum Gasteiger partial charge on any atom is -0.449 e. The van der Waals surface area contributed by atoms with E-state index in [2.05, 4.69) is 10.1 Å². The molecule has 0 spiro atoms. The molecule has 150 valence electrons. The van der Waals surface area contributed by atoms with E-state index in [-0.39, 0.29) is 23.2 Å². The van der Waals surface area contributed by atoms with Crippen molar-refractivity contribution in [1.29, 1.82) is 0 Å². The van der Waals surface area contributed by atoms with Gasteiger partial charge in [-0.05, 0) is 19.9 Å². The van der Waals surface area contributed by atoms with Gasteiger partial charge in [-0.25, -0.2) is 9.18 Å². The predicted octanol–water partition coefficient (Wildman–Crippen LogP) is 2.01. The number of piperazine rings is 1. The van der Waals surface area contributed by atoms with E-state index in [1.165, 1.54) is 12.3 Å². The summed E-state index contributed by atoms with van der Waals surface area (Å²) in [7, 11) is 1.88. The van der Waals surface area contributed by atoms with Crippen LogP contribution in [0.15, 0.2) is 17.1 Å². The Labute approximate surface area is 161 Å². The number of rotatable bonds is 2. The number of ether oxygens (including phenoxy) is 1. The molecule has 28 heavy (non-hydrogen) atoms. The number of halogens is 1. The Kier molecular flexibility index (Phi) is 4.41. The van der Waals surface area contributed by atoms with E-state index in [9.17, 15) is 9.59 Å². The van der Waals surface area contributed by atoms with Crippen LogP contribution in [0.1, 0.15) is 19.9 Å². The fourth-order valence-electron chi connectivity index (χ4n) is 4.32. The van der Waals surface area contributed by atoms with Gasteiger partial charge in [-0.1, -0.05) is 0 Å². The molecule has 1 saturated heterocycles. The molecule has 9 heteroatoms. The third kappa shape index (κ3) is 2.86. The van der Waals surface area contributed by atoms with E-state index in [1.54, 1.807) is 0 Å². The summed E-state index contributed by atoms with van der Waals surface area (Å²) in [6.45, 7) is 6.67. The quantitative estimate of drug-likeness (QED) is 0.759. The van der Waals surface area contributed by atoms with Crippen LogP contribution in [0.3, 0.4) is 0 Å². The van der Waals surface area contributed by atoms with Crippen molar-refractivity contribution in [3.05, 3.63) is 28.3 Å². The highest BCUT2D eigenvalue weighted by atomic mass is 19.1. The van der Waals surface area contributed by atoms with E-state index in [0.717, 1.165) is 6.54 Å². The zero-order chi connectivity index (χ0) is 20.2. The lowest BCUT2D eigenvalue weighted by Gasteiger charge is -2.40. The number of carbonyl (C=O) groups is 1. The number of likely N-dealkylation sites (N-methyl/N-ethyl adjacent to an activating group) is 1. The van der Waals surface area contributed by atoms with E-state index in [0.29, 0.717) is 36.5 Å². The minimum atomic E-state index is -1.57. The van der Waals surface area contributed by atoms with Gasteiger partial charge in [0.25, 0.3) is 0 Å². The molecule has 0 radical (unpaired) electrons. The summed E-state index contributed by atoms with van der Waals surface area (Å²) in [5.74, 6) is -0.806. The summed E-state index contributed by atoms with van der Waals surface area (Å²) < 4.78 is 21.8. The molecule has 0 aliphatic carbocycles. The lowest BCUT2D eigenvalue weighted by molar-refractivity contribution is 0.143. The van der Waals surface area contributed by atoms with Crippen LogP contribution in [0, 0.1) is 5.82 Å². The normalized spacial score (nSPS) is 21.9. The predicted molar refractivity (Wildman–Crippen MR) is 104 cm³/mol. The van der Waals surface area contributed by atoms with Gasteiger partial charge in [-0.2, -0.15) is 0 Å². The number of nitrogens with one attached hydrogen (secondary N) is 1. The minimum absolute atomic E-state index is 0.0444. The molecule has 2 aliphatic heterocycles. The smallest absolute Gasteiger partial charge is 0.449 e. The summed E-state index contributed by atoms with van der Waals surface area (Å²) >= 11 is 0. The van der Waals surface area contributed by atoms with Crippen molar-refractivity contribution in [2.75, 3.05) is 43.0 Å². The maximum Gasteiger partial charge on any atom is 0.511 e. The van der Waals surface area contributed by atoms with Gasteiger partial charge < -0.3 is 29.5 Å². The van der Waals surface area contributed by atoms with Crippen LogP contribution in [0.2, 0.25) is 0 Å². The second-order valence-corrected chi connectivity index (χ2v) is 7.58. The van der Waals surface area contributed by atoms with Gasteiger partial charge in [0.05, 0.1) is 28.5 Å². The van der Waals surface area contributed by atoms with Gasteiger partial charge >= 0.3 is 6.16 Å². The van der Waals surface area contributed by atoms with Gasteiger partial charge in [0.1, 0.15) is 5.82 Å².